The molecule has 39 heavy (non-hydrogen) atoms. The van der Waals surface area contributed by atoms with Gasteiger partial charge in [0, 0.05) is 24.0 Å². The maximum absolute atomic E-state index is 11.4. The first kappa shape index (κ1) is 29.0. The predicted molar refractivity (Wildman–Crippen MR) is 132 cm³/mol. The molecule has 1 fully saturated rings. The van der Waals surface area contributed by atoms with Crippen molar-refractivity contribution in [1.82, 2.24) is 0 Å². The molecule has 1 aliphatic heterocycles. The van der Waals surface area contributed by atoms with Crippen LogP contribution >= 0.6 is 0 Å². The number of hydrogen-bond acceptors (Lipinski definition) is 13. The number of aromatic hydroxyl groups is 1. The van der Waals surface area contributed by atoms with Crippen molar-refractivity contribution >= 4 is 0 Å². The molecule has 0 spiro atoms. The van der Waals surface area contributed by atoms with Gasteiger partial charge in [0.2, 0.25) is 17.8 Å². The SMILES string of the molecule is COc1cc([C@@H]2c3c(cc(OC)c(O[C@@H]4O[C@H](O)[C@H](O)[C@H](O)[C@H]4O)c3OC)C[C@H](CO)[C@H]2O)cc(OC)c1O. The van der Waals surface area contributed by atoms with Gasteiger partial charge in [-0.1, -0.05) is 0 Å². The standard InChI is InChI=1S/C26H34O13/c1-34-13-6-11(7-14(35-2)19(13)29)16-17-10(5-12(9-27)18(16)28)8-15(36-3)23(24(17)37-4)38-26-22(32)20(30)21(31)25(33)39-26/h6-8,12,16,18,20-22,25-33H,5,9H2,1-4H3/t12-,16-,18-,20+,21-,22-,25+,26-/m1/s1. The molecular weight excluding hydrogens is 520 g/mol. The summed E-state index contributed by atoms with van der Waals surface area (Å²) in [5.74, 6) is -1.33. The average molecular weight is 555 g/mol. The first-order valence-corrected chi connectivity index (χ1v) is 12.2. The Hall–Kier alpha value is -3.04. The minimum absolute atomic E-state index is 0.0732. The van der Waals surface area contributed by atoms with Gasteiger partial charge in [-0.2, -0.15) is 0 Å². The summed E-state index contributed by atoms with van der Waals surface area (Å²) in [7, 11) is 5.46. The Labute approximate surface area is 224 Å². The van der Waals surface area contributed by atoms with Crippen molar-refractivity contribution in [3.8, 4) is 34.5 Å². The number of phenolic OH excluding ortho intramolecular Hbond substituents is 1. The van der Waals surface area contributed by atoms with Gasteiger partial charge in [-0.15, -0.1) is 0 Å². The van der Waals surface area contributed by atoms with Gasteiger partial charge in [-0.05, 0) is 35.7 Å². The first-order chi connectivity index (χ1) is 18.6. The van der Waals surface area contributed by atoms with Crippen LogP contribution in [0.15, 0.2) is 18.2 Å². The van der Waals surface area contributed by atoms with E-state index in [9.17, 15) is 35.7 Å². The summed E-state index contributed by atoms with van der Waals surface area (Å²) in [5, 5.41) is 72.3. The number of phenols is 1. The molecule has 8 atom stereocenters. The molecule has 2 aliphatic rings. The van der Waals surface area contributed by atoms with Gasteiger partial charge in [0.25, 0.3) is 0 Å². The second kappa shape index (κ2) is 11.6. The number of aliphatic hydroxyl groups excluding tert-OH is 6. The van der Waals surface area contributed by atoms with E-state index in [0.717, 1.165) is 0 Å². The first-order valence-electron chi connectivity index (χ1n) is 12.2. The van der Waals surface area contributed by atoms with Crippen LogP contribution in [0.25, 0.3) is 0 Å². The molecule has 7 N–H and O–H groups in total. The highest BCUT2D eigenvalue weighted by Crippen LogP contribution is 2.53. The van der Waals surface area contributed by atoms with Crippen LogP contribution in [-0.2, 0) is 11.2 Å². The lowest BCUT2D eigenvalue weighted by atomic mass is 9.71. The molecule has 13 nitrogen and oxygen atoms in total. The fourth-order valence-corrected chi connectivity index (χ4v) is 5.18. The highest BCUT2D eigenvalue weighted by molar-refractivity contribution is 5.64. The zero-order valence-electron chi connectivity index (χ0n) is 21.8. The number of rotatable bonds is 8. The second-order valence-electron chi connectivity index (χ2n) is 9.39. The average Bonchev–Trinajstić information content (AvgIpc) is 2.94. The smallest absolute Gasteiger partial charge is 0.231 e. The highest BCUT2D eigenvalue weighted by Gasteiger charge is 2.46. The molecule has 0 saturated carbocycles. The van der Waals surface area contributed by atoms with Gasteiger partial charge < -0.3 is 64.2 Å². The van der Waals surface area contributed by atoms with Crippen molar-refractivity contribution in [2.45, 2.75) is 49.3 Å². The molecule has 13 heteroatoms. The van der Waals surface area contributed by atoms with Crippen molar-refractivity contribution in [2.24, 2.45) is 5.92 Å². The van der Waals surface area contributed by atoms with Crippen LogP contribution < -0.4 is 23.7 Å². The van der Waals surface area contributed by atoms with Crippen molar-refractivity contribution in [3.05, 3.63) is 34.9 Å². The quantitative estimate of drug-likeness (QED) is 0.215. The van der Waals surface area contributed by atoms with Gasteiger partial charge in [-0.3, -0.25) is 0 Å². The van der Waals surface area contributed by atoms with Crippen molar-refractivity contribution in [1.29, 1.82) is 0 Å². The van der Waals surface area contributed by atoms with Crippen LogP contribution in [0.5, 0.6) is 34.5 Å². The largest absolute Gasteiger partial charge is 0.502 e. The number of fused-ring (bicyclic) bond motifs is 1. The molecule has 0 radical (unpaired) electrons. The van der Waals surface area contributed by atoms with E-state index >= 15 is 0 Å². The maximum Gasteiger partial charge on any atom is 0.231 e. The number of methoxy groups -OCH3 is 4. The predicted octanol–water partition coefficient (Wildman–Crippen LogP) is -0.780. The minimum atomic E-state index is -1.85. The lowest BCUT2D eigenvalue weighted by Gasteiger charge is -2.40. The third kappa shape index (κ3) is 5.02. The van der Waals surface area contributed by atoms with Gasteiger partial charge >= 0.3 is 0 Å². The summed E-state index contributed by atoms with van der Waals surface area (Å²) >= 11 is 0. The van der Waals surface area contributed by atoms with E-state index in [0.29, 0.717) is 16.7 Å². The monoisotopic (exact) mass is 554 g/mol. The number of ether oxygens (including phenoxy) is 6. The Morgan fingerprint density at radius 1 is 0.769 bits per heavy atom. The number of hydrogen-bond donors (Lipinski definition) is 7. The second-order valence-corrected chi connectivity index (χ2v) is 9.39. The summed E-state index contributed by atoms with van der Waals surface area (Å²) in [4.78, 5) is 0. The van der Waals surface area contributed by atoms with Crippen LogP contribution in [0.1, 0.15) is 22.6 Å². The van der Waals surface area contributed by atoms with Gasteiger partial charge in [0.1, 0.15) is 18.3 Å². The molecule has 1 saturated heterocycles. The molecule has 0 unspecified atom stereocenters. The van der Waals surface area contributed by atoms with Crippen molar-refractivity contribution < 1.29 is 64.2 Å². The molecule has 4 rings (SSSR count). The molecule has 0 aromatic heterocycles. The van der Waals surface area contributed by atoms with E-state index in [1.165, 1.54) is 40.6 Å². The van der Waals surface area contributed by atoms with Crippen LogP contribution in [0.3, 0.4) is 0 Å². The van der Waals surface area contributed by atoms with Crippen LogP contribution in [0, 0.1) is 5.92 Å². The van der Waals surface area contributed by atoms with Crippen molar-refractivity contribution in [2.75, 3.05) is 35.0 Å². The molecule has 2 aromatic carbocycles. The molecular formula is C26H34O13. The fraction of sp³-hybridized carbons (Fsp3) is 0.538. The fourth-order valence-electron chi connectivity index (χ4n) is 5.18. The molecule has 0 bridgehead atoms. The highest BCUT2D eigenvalue weighted by atomic mass is 16.8. The number of benzene rings is 2. The van der Waals surface area contributed by atoms with Crippen molar-refractivity contribution in [3.63, 3.8) is 0 Å². The van der Waals surface area contributed by atoms with Gasteiger partial charge in [-0.25, -0.2) is 0 Å². The molecule has 2 aromatic rings. The molecule has 1 aliphatic carbocycles. The zero-order valence-corrected chi connectivity index (χ0v) is 21.8. The van der Waals surface area contributed by atoms with E-state index in [-0.39, 0.29) is 47.5 Å². The van der Waals surface area contributed by atoms with E-state index in [1.807, 2.05) is 0 Å². The summed E-state index contributed by atoms with van der Waals surface area (Å²) in [5.41, 5.74) is 1.56. The Morgan fingerprint density at radius 2 is 1.38 bits per heavy atom. The Kier molecular flexibility index (Phi) is 8.61. The number of aliphatic hydroxyl groups is 6. The topological polar surface area (TPSA) is 197 Å². The third-order valence-corrected chi connectivity index (χ3v) is 7.24. The Morgan fingerprint density at radius 3 is 1.92 bits per heavy atom. The summed E-state index contributed by atoms with van der Waals surface area (Å²) in [6.45, 7) is -0.327. The van der Waals surface area contributed by atoms with E-state index in [1.54, 1.807) is 6.07 Å². The van der Waals surface area contributed by atoms with Gasteiger partial charge in [0.05, 0.1) is 34.5 Å². The van der Waals surface area contributed by atoms with E-state index in [2.05, 4.69) is 0 Å². The Bertz CT molecular complexity index is 1150. The Balaban J connectivity index is 1.91. The maximum atomic E-state index is 11.4. The lowest BCUT2D eigenvalue weighted by molar-refractivity contribution is -0.321. The molecule has 1 heterocycles. The third-order valence-electron chi connectivity index (χ3n) is 7.24. The summed E-state index contributed by atoms with van der Waals surface area (Å²) < 4.78 is 32.9. The zero-order chi connectivity index (χ0) is 28.6. The molecule has 0 amide bonds. The minimum Gasteiger partial charge on any atom is -0.502 e. The van der Waals surface area contributed by atoms with E-state index in [4.69, 9.17) is 28.4 Å². The lowest BCUT2D eigenvalue weighted by Crippen LogP contribution is -2.59. The summed E-state index contributed by atoms with van der Waals surface area (Å²) in [6.07, 6.45) is -9.65. The molecule has 216 valence electrons. The normalized spacial score (nSPS) is 30.3. The summed E-state index contributed by atoms with van der Waals surface area (Å²) in [6, 6.07) is 4.68. The van der Waals surface area contributed by atoms with Gasteiger partial charge in [0.15, 0.2) is 29.3 Å². The van der Waals surface area contributed by atoms with Crippen LogP contribution in [-0.4, -0.2) is 108 Å². The van der Waals surface area contributed by atoms with Crippen LogP contribution in [0.4, 0.5) is 0 Å². The van der Waals surface area contributed by atoms with E-state index < -0.39 is 48.8 Å². The van der Waals surface area contributed by atoms with Crippen LogP contribution in [0.2, 0.25) is 0 Å².